The van der Waals surface area contributed by atoms with Crippen molar-refractivity contribution >= 4 is 42.1 Å². The Labute approximate surface area is 490 Å². The van der Waals surface area contributed by atoms with Gasteiger partial charge in [0.15, 0.2) is 11.7 Å². The number of quaternary nitrogens is 1. The molecule has 1 heterocycles. The Kier molecular flexibility index (Phi) is 29.2. The van der Waals surface area contributed by atoms with Crippen LogP contribution in [0.15, 0.2) is 127 Å². The second-order valence-electron chi connectivity index (χ2n) is 20.6. The maximum Gasteiger partial charge on any atom is 0.343 e. The third-order valence-corrected chi connectivity index (χ3v) is 13.8. The molecule has 1 saturated carbocycles. The second-order valence-corrected chi connectivity index (χ2v) is 20.6. The molecule has 2 amide bonds. The first-order valence-electron chi connectivity index (χ1n) is 26.7. The number of anilines is 2. The van der Waals surface area contributed by atoms with E-state index in [0.29, 0.717) is 54.8 Å². The quantitative estimate of drug-likeness (QED) is 0.0138. The predicted octanol–water partition coefficient (Wildman–Crippen LogP) is 3.62. The van der Waals surface area contributed by atoms with E-state index in [9.17, 15) is 49.5 Å². The molecule has 21 heteroatoms. The van der Waals surface area contributed by atoms with Crippen LogP contribution in [-0.4, -0.2) is 144 Å². The first-order valence-corrected chi connectivity index (χ1v) is 26.7. The number of ether oxygens (including phenoxy) is 3. The van der Waals surface area contributed by atoms with Crippen molar-refractivity contribution in [3.8, 4) is 23.0 Å². The van der Waals surface area contributed by atoms with Crippen molar-refractivity contribution in [1.29, 1.82) is 0 Å². The Hall–Kier alpha value is -7.37. The van der Waals surface area contributed by atoms with Crippen molar-refractivity contribution in [3.63, 3.8) is 0 Å². The number of carbonyl (C=O) groups is 5. The number of carboxylic acids is 2. The molecule has 82 heavy (non-hydrogen) atoms. The van der Waals surface area contributed by atoms with Crippen LogP contribution in [0.2, 0.25) is 0 Å². The molecule has 6 atom stereocenters. The second kappa shape index (κ2) is 34.8. The van der Waals surface area contributed by atoms with Gasteiger partial charge in [-0.05, 0) is 116 Å². The van der Waals surface area contributed by atoms with Gasteiger partial charge in [0.05, 0.1) is 58.4 Å². The highest BCUT2D eigenvalue weighted by Gasteiger charge is 2.49. The summed E-state index contributed by atoms with van der Waals surface area (Å²) in [6.45, 7) is 6.65. The zero-order chi connectivity index (χ0) is 59.5. The molecular weight excluding hydrogens is 1120 g/mol. The normalized spacial score (nSPS) is 16.4. The summed E-state index contributed by atoms with van der Waals surface area (Å²) >= 11 is 0. The number of rotatable bonds is 24. The molecule has 1 aliphatic heterocycles. The number of aliphatic hydroxyl groups excluding tert-OH is 2. The molecule has 7 rings (SSSR count). The van der Waals surface area contributed by atoms with Crippen molar-refractivity contribution in [2.24, 2.45) is 5.92 Å². The number of likely N-dealkylation sites (N-methyl/N-ethyl adjacent to an activating group) is 1. The molecule has 1 aliphatic carbocycles. The monoisotopic (exact) mass is 1200 g/mol. The summed E-state index contributed by atoms with van der Waals surface area (Å²) in [6.07, 6.45) is 6.93. The summed E-state index contributed by atoms with van der Waals surface area (Å²) in [5.74, 6) is -1.44. The summed E-state index contributed by atoms with van der Waals surface area (Å²) < 4.78 is 16.9. The number of esters is 1. The number of amides is 2. The van der Waals surface area contributed by atoms with Gasteiger partial charge in [0.25, 0.3) is 0 Å². The van der Waals surface area contributed by atoms with Crippen LogP contribution in [0.4, 0.5) is 11.4 Å². The maximum absolute atomic E-state index is 12.9. The minimum Gasteiger partial charge on any atom is -1.00 e. The van der Waals surface area contributed by atoms with Gasteiger partial charge in [-0.3, -0.25) is 9.59 Å². The molecule has 0 bridgehead atoms. The van der Waals surface area contributed by atoms with E-state index >= 15 is 0 Å². The molecule has 11 N–H and O–H groups in total. The van der Waals surface area contributed by atoms with Gasteiger partial charge in [-0.2, -0.15) is 0 Å². The van der Waals surface area contributed by atoms with E-state index in [4.69, 9.17) is 24.4 Å². The van der Waals surface area contributed by atoms with Crippen LogP contribution in [-0.2, 0) is 47.2 Å². The van der Waals surface area contributed by atoms with Gasteiger partial charge in [-0.25, -0.2) is 14.4 Å². The van der Waals surface area contributed by atoms with Gasteiger partial charge in [-0.1, -0.05) is 79.6 Å². The Bertz CT molecular complexity index is 2650. The van der Waals surface area contributed by atoms with Crippen molar-refractivity contribution in [1.82, 2.24) is 10.6 Å². The van der Waals surface area contributed by atoms with Crippen LogP contribution < -0.4 is 47.7 Å². The number of phenols is 2. The summed E-state index contributed by atoms with van der Waals surface area (Å²) in [7, 11) is 7.57. The molecular formula is C61H80BrN5O15. The summed E-state index contributed by atoms with van der Waals surface area (Å²) in [5, 5.41) is 78.3. The summed E-state index contributed by atoms with van der Waals surface area (Å²) in [4.78, 5) is 53.1. The van der Waals surface area contributed by atoms with Crippen molar-refractivity contribution in [3.05, 3.63) is 155 Å². The fraction of sp³-hybridized carbons (Fsp3) is 0.393. The van der Waals surface area contributed by atoms with Gasteiger partial charge in [-0.15, -0.1) is 0 Å². The third-order valence-electron chi connectivity index (χ3n) is 13.8. The van der Waals surface area contributed by atoms with Crippen molar-refractivity contribution in [2.75, 3.05) is 65.1 Å². The van der Waals surface area contributed by atoms with Gasteiger partial charge in [0.1, 0.15) is 29.5 Å². The average molecular weight is 1200 g/mol. The lowest BCUT2D eigenvalue weighted by Crippen LogP contribution is -3.00. The molecule has 2 aliphatic rings. The van der Waals surface area contributed by atoms with Gasteiger partial charge < -0.3 is 92.7 Å². The van der Waals surface area contributed by atoms with Crippen LogP contribution in [0, 0.1) is 5.92 Å². The van der Waals surface area contributed by atoms with E-state index in [0.717, 1.165) is 74.0 Å². The number of methoxy groups -OCH3 is 2. The minimum atomic E-state index is -1.50. The van der Waals surface area contributed by atoms with Crippen LogP contribution in [0.5, 0.6) is 23.0 Å². The van der Waals surface area contributed by atoms with Gasteiger partial charge in [0.2, 0.25) is 12.8 Å². The molecule has 2 fully saturated rings. The highest BCUT2D eigenvalue weighted by atomic mass is 79.9. The zero-order valence-electron chi connectivity index (χ0n) is 47.2. The van der Waals surface area contributed by atoms with Crippen molar-refractivity contribution in [2.45, 2.75) is 94.8 Å². The highest BCUT2D eigenvalue weighted by molar-refractivity contribution is 5.89. The Morgan fingerprint density at radius 1 is 0.659 bits per heavy atom. The SMILES string of the molecule is COc1ccc(C[C@@H](C)NC[C@H](O)c2ccc(O)c(NC=O)c2)cc1.COc1ccc(C[C@@H](C)NC[C@H](O)c2ccc(O)c(NC=O)c2)cc1.C[N+]1(C)CCC(OC(=O)C(O)(c2ccccc2)C2CCCC2)C1.O=C(O)/C=C/C(=O)O.[Br-]. The number of hydrogen-bond donors (Lipinski definition) is 11. The number of likely N-dealkylation sites (tertiary alicyclic amines) is 1. The van der Waals surface area contributed by atoms with Crippen molar-refractivity contribution < 1.29 is 95.4 Å². The van der Waals surface area contributed by atoms with Crippen LogP contribution in [0.25, 0.3) is 0 Å². The number of carboxylic acid groups (broad SMARTS) is 2. The van der Waals surface area contributed by atoms with E-state index < -0.39 is 35.7 Å². The lowest BCUT2D eigenvalue weighted by Gasteiger charge is -2.33. The van der Waals surface area contributed by atoms with E-state index in [-0.39, 0.29) is 64.0 Å². The predicted molar refractivity (Wildman–Crippen MR) is 307 cm³/mol. The number of hydrogen-bond acceptors (Lipinski definition) is 15. The average Bonchev–Trinajstić information content (AvgIpc) is 4.31. The van der Waals surface area contributed by atoms with E-state index in [1.807, 2.05) is 92.7 Å². The number of aromatic hydroxyl groups is 2. The topological polar surface area (TPSA) is 303 Å². The molecule has 1 saturated heterocycles. The van der Waals surface area contributed by atoms with E-state index in [2.05, 4.69) is 35.4 Å². The number of benzene rings is 5. The van der Waals surface area contributed by atoms with Crippen LogP contribution in [0.1, 0.15) is 86.0 Å². The number of aliphatic hydroxyl groups is 3. The minimum absolute atomic E-state index is 0. The summed E-state index contributed by atoms with van der Waals surface area (Å²) in [6, 6.07) is 34.7. The molecule has 20 nitrogen and oxygen atoms in total. The van der Waals surface area contributed by atoms with Gasteiger partial charge >= 0.3 is 17.9 Å². The van der Waals surface area contributed by atoms with Crippen LogP contribution in [0.3, 0.4) is 0 Å². The molecule has 0 aromatic heterocycles. The zero-order valence-corrected chi connectivity index (χ0v) is 48.8. The molecule has 446 valence electrons. The van der Waals surface area contributed by atoms with E-state index in [1.54, 1.807) is 38.5 Å². The number of aliphatic carboxylic acids is 2. The smallest absolute Gasteiger partial charge is 0.343 e. The molecule has 0 radical (unpaired) electrons. The fourth-order valence-corrected chi connectivity index (χ4v) is 9.38. The van der Waals surface area contributed by atoms with Gasteiger partial charge in [0, 0.05) is 49.7 Å². The largest absolute Gasteiger partial charge is 1.00 e. The highest BCUT2D eigenvalue weighted by Crippen LogP contribution is 2.42. The Morgan fingerprint density at radius 3 is 1.45 bits per heavy atom. The molecule has 2 unspecified atom stereocenters. The number of carbonyl (C=O) groups excluding carboxylic acids is 3. The molecule has 0 spiro atoms. The Balaban J connectivity index is 0.000000300. The maximum atomic E-state index is 12.9. The lowest BCUT2D eigenvalue weighted by atomic mass is 9.80. The lowest BCUT2D eigenvalue weighted by molar-refractivity contribution is -0.879. The number of nitrogens with zero attached hydrogens (tertiary/aromatic N) is 1. The molecule has 5 aromatic rings. The van der Waals surface area contributed by atoms with E-state index in [1.165, 1.54) is 23.3 Å². The molecule has 5 aromatic carbocycles. The standard InChI is InChI=1S/2C19H24N2O4.C19H28NO3.C4H4O4.BrH/c2*1-13(9-14-3-6-16(25-2)7-4-14)20-11-19(24)15-5-8-18(23)17(10-15)21-12-22;1-20(2)13-12-17(14-20)23-18(21)19(22,16-10-6-7-11-16)15-8-4-3-5-9-15;5-3(6)1-2-4(7)8;/h2*3-8,10,12-13,19-20,23-24H,9,11H2,1-2H3,(H,21,22);3-5,8-9,16-17,22H,6-7,10-14H2,1-2H3;1-2H,(H,5,6)(H,7,8);1H/q;;+1;;/p-1/b;;;2-1+;/t2*13-,19+;;;/m11.../s1. The number of halogens is 1. The summed E-state index contributed by atoms with van der Waals surface area (Å²) in [5.41, 5.74) is 3.31. The Morgan fingerprint density at radius 2 is 1.09 bits per heavy atom. The third kappa shape index (κ3) is 22.9. The first kappa shape index (κ1) is 68.9. The number of phenolic OH excluding ortho intramolecular Hbond substituents is 2. The van der Waals surface area contributed by atoms with Crippen LogP contribution >= 0.6 is 0 Å². The number of nitrogens with one attached hydrogen (secondary N) is 4. The first-order chi connectivity index (χ1) is 38.6. The fourth-order valence-electron chi connectivity index (χ4n) is 9.38.